The molecule has 2 aromatic carbocycles. The summed E-state index contributed by atoms with van der Waals surface area (Å²) in [5.74, 6) is -0.465. The van der Waals surface area contributed by atoms with Crippen molar-refractivity contribution in [3.05, 3.63) is 65.7 Å². The van der Waals surface area contributed by atoms with Crippen LogP contribution >= 0.6 is 0 Å². The van der Waals surface area contributed by atoms with Crippen molar-refractivity contribution >= 4 is 5.91 Å². The molecule has 0 heterocycles. The molecular weight excluding hydrogens is 266 g/mol. The minimum Gasteiger partial charge on any atom is -0.507 e. The first-order valence-electron chi connectivity index (χ1n) is 6.89. The number of benzene rings is 2. The molecule has 21 heavy (non-hydrogen) atoms. The van der Waals surface area contributed by atoms with Gasteiger partial charge in [0.15, 0.2) is 0 Å². The Bertz CT molecular complexity index is 598. The van der Waals surface area contributed by atoms with Crippen molar-refractivity contribution in [3.63, 3.8) is 0 Å². The molecule has 3 N–H and O–H groups in total. The number of amides is 1. The van der Waals surface area contributed by atoms with Crippen LogP contribution in [0.3, 0.4) is 0 Å². The highest BCUT2D eigenvalue weighted by molar-refractivity contribution is 5.96. The monoisotopic (exact) mass is 285 g/mol. The molecule has 0 radical (unpaired) electrons. The molecule has 2 rings (SSSR count). The van der Waals surface area contributed by atoms with E-state index in [0.717, 1.165) is 5.56 Å². The lowest BCUT2D eigenvalue weighted by Crippen LogP contribution is -2.42. The molecular formula is C17H19NO3. The van der Waals surface area contributed by atoms with Gasteiger partial charge in [0.2, 0.25) is 0 Å². The number of carbonyl (C=O) groups is 1. The number of nitrogens with one attached hydrogen (secondary N) is 1. The second-order valence-electron chi connectivity index (χ2n) is 5.04. The average molecular weight is 285 g/mol. The van der Waals surface area contributed by atoms with Gasteiger partial charge in [-0.05, 0) is 24.6 Å². The number of phenols is 1. The van der Waals surface area contributed by atoms with E-state index in [9.17, 15) is 15.0 Å². The lowest BCUT2D eigenvalue weighted by atomic mass is 10.0. The van der Waals surface area contributed by atoms with Crippen LogP contribution in [0.2, 0.25) is 0 Å². The van der Waals surface area contributed by atoms with E-state index in [1.54, 1.807) is 25.1 Å². The summed E-state index contributed by atoms with van der Waals surface area (Å²) in [4.78, 5) is 12.1. The molecule has 0 aromatic heterocycles. The first-order chi connectivity index (χ1) is 10.1. The largest absolute Gasteiger partial charge is 0.507 e. The number of phenolic OH excluding ortho intramolecular Hbond substituents is 1. The van der Waals surface area contributed by atoms with E-state index in [4.69, 9.17) is 0 Å². The molecule has 4 nitrogen and oxygen atoms in total. The molecule has 0 spiro atoms. The molecule has 2 atom stereocenters. The highest BCUT2D eigenvalue weighted by atomic mass is 16.3. The Balaban J connectivity index is 1.96. The number of carbonyl (C=O) groups excluding carboxylic acids is 1. The zero-order valence-corrected chi connectivity index (χ0v) is 11.9. The Morgan fingerprint density at radius 2 is 1.71 bits per heavy atom. The number of aromatic hydroxyl groups is 1. The van der Waals surface area contributed by atoms with Gasteiger partial charge in [0.05, 0.1) is 17.7 Å². The molecule has 2 aromatic rings. The van der Waals surface area contributed by atoms with Crippen molar-refractivity contribution in [2.45, 2.75) is 25.5 Å². The number of rotatable bonds is 5. The zero-order valence-electron chi connectivity index (χ0n) is 11.9. The van der Waals surface area contributed by atoms with Crippen LogP contribution in [0.25, 0.3) is 0 Å². The van der Waals surface area contributed by atoms with Crippen molar-refractivity contribution < 1.29 is 15.0 Å². The fraction of sp³-hybridized carbons (Fsp3) is 0.235. The maximum Gasteiger partial charge on any atom is 0.255 e. The standard InChI is InChI=1S/C17H19NO3/c1-12(16(20)11-13-7-3-2-4-8-13)18-17(21)14-9-5-6-10-15(14)19/h2-10,12,16,19-20H,11H2,1H3,(H,18,21). The second kappa shape index (κ2) is 6.90. The zero-order chi connectivity index (χ0) is 15.2. The van der Waals surface area contributed by atoms with Gasteiger partial charge in [-0.3, -0.25) is 4.79 Å². The first kappa shape index (κ1) is 15.1. The molecule has 4 heteroatoms. The molecule has 0 aliphatic heterocycles. The van der Waals surface area contributed by atoms with Crippen molar-refractivity contribution in [3.8, 4) is 5.75 Å². The molecule has 110 valence electrons. The van der Waals surface area contributed by atoms with Crippen LogP contribution in [-0.2, 0) is 6.42 Å². The summed E-state index contributed by atoms with van der Waals surface area (Å²) in [7, 11) is 0. The highest BCUT2D eigenvalue weighted by Crippen LogP contribution is 2.15. The summed E-state index contributed by atoms with van der Waals surface area (Å²) < 4.78 is 0. The Morgan fingerprint density at radius 1 is 1.10 bits per heavy atom. The summed E-state index contributed by atoms with van der Waals surface area (Å²) in [5, 5.41) is 22.5. The van der Waals surface area contributed by atoms with E-state index in [2.05, 4.69) is 5.32 Å². The van der Waals surface area contributed by atoms with E-state index in [1.165, 1.54) is 6.07 Å². The molecule has 1 amide bonds. The van der Waals surface area contributed by atoms with Crippen molar-refractivity contribution in [2.75, 3.05) is 0 Å². The van der Waals surface area contributed by atoms with Gasteiger partial charge in [0.1, 0.15) is 5.75 Å². The maximum atomic E-state index is 12.1. The predicted molar refractivity (Wildman–Crippen MR) is 81.2 cm³/mol. The maximum absolute atomic E-state index is 12.1. The lowest BCUT2D eigenvalue weighted by Gasteiger charge is -2.20. The fourth-order valence-electron chi connectivity index (χ4n) is 2.08. The van der Waals surface area contributed by atoms with Crippen LogP contribution in [0.4, 0.5) is 0 Å². The van der Waals surface area contributed by atoms with Crippen LogP contribution < -0.4 is 5.32 Å². The summed E-state index contributed by atoms with van der Waals surface area (Å²) in [6.45, 7) is 1.74. The highest BCUT2D eigenvalue weighted by Gasteiger charge is 2.19. The van der Waals surface area contributed by atoms with Gasteiger partial charge in [-0.1, -0.05) is 42.5 Å². The van der Waals surface area contributed by atoms with Crippen molar-refractivity contribution in [2.24, 2.45) is 0 Å². The van der Waals surface area contributed by atoms with Crippen molar-refractivity contribution in [1.29, 1.82) is 0 Å². The topological polar surface area (TPSA) is 69.6 Å². The quantitative estimate of drug-likeness (QED) is 0.788. The molecule has 0 saturated heterocycles. The van der Waals surface area contributed by atoms with Crippen LogP contribution in [0.15, 0.2) is 54.6 Å². The molecule has 0 aliphatic carbocycles. The van der Waals surface area contributed by atoms with Crippen molar-refractivity contribution in [1.82, 2.24) is 5.32 Å². The number of hydrogen-bond donors (Lipinski definition) is 3. The molecule has 0 aliphatic rings. The van der Waals surface area contributed by atoms with E-state index in [1.807, 2.05) is 30.3 Å². The van der Waals surface area contributed by atoms with Crippen LogP contribution in [-0.4, -0.2) is 28.3 Å². The molecule has 0 saturated carbocycles. The Kier molecular flexibility index (Phi) is 4.95. The Morgan fingerprint density at radius 3 is 2.38 bits per heavy atom. The minimum atomic E-state index is -0.692. The lowest BCUT2D eigenvalue weighted by molar-refractivity contribution is 0.0849. The van der Waals surface area contributed by atoms with E-state index in [0.29, 0.717) is 6.42 Å². The van der Waals surface area contributed by atoms with Gasteiger partial charge in [-0.2, -0.15) is 0 Å². The van der Waals surface area contributed by atoms with Gasteiger partial charge in [0, 0.05) is 6.42 Å². The third kappa shape index (κ3) is 4.07. The average Bonchev–Trinajstić information content (AvgIpc) is 2.48. The number of hydrogen-bond acceptors (Lipinski definition) is 3. The third-order valence-electron chi connectivity index (χ3n) is 3.37. The number of para-hydroxylation sites is 1. The van der Waals surface area contributed by atoms with Crippen LogP contribution in [0.5, 0.6) is 5.75 Å². The normalized spacial score (nSPS) is 13.4. The van der Waals surface area contributed by atoms with E-state index < -0.39 is 18.1 Å². The Hall–Kier alpha value is -2.33. The summed E-state index contributed by atoms with van der Waals surface area (Å²) in [5.41, 5.74) is 1.21. The first-order valence-corrected chi connectivity index (χ1v) is 6.89. The van der Waals surface area contributed by atoms with Crippen LogP contribution in [0.1, 0.15) is 22.8 Å². The summed E-state index contributed by atoms with van der Waals surface area (Å²) >= 11 is 0. The third-order valence-corrected chi connectivity index (χ3v) is 3.37. The molecule has 0 fully saturated rings. The van der Waals surface area contributed by atoms with E-state index in [-0.39, 0.29) is 11.3 Å². The van der Waals surface area contributed by atoms with Gasteiger partial charge < -0.3 is 15.5 Å². The van der Waals surface area contributed by atoms with E-state index >= 15 is 0 Å². The van der Waals surface area contributed by atoms with Gasteiger partial charge in [0.25, 0.3) is 5.91 Å². The SMILES string of the molecule is CC(NC(=O)c1ccccc1O)C(O)Cc1ccccc1. The Labute approximate surface area is 124 Å². The van der Waals surface area contributed by atoms with Gasteiger partial charge in [-0.15, -0.1) is 0 Å². The smallest absolute Gasteiger partial charge is 0.255 e. The fourth-order valence-corrected chi connectivity index (χ4v) is 2.08. The second-order valence-corrected chi connectivity index (χ2v) is 5.04. The summed E-state index contributed by atoms with van der Waals surface area (Å²) in [6.07, 6.45) is -0.231. The number of aliphatic hydroxyl groups excluding tert-OH is 1. The number of aliphatic hydroxyl groups is 1. The van der Waals surface area contributed by atoms with Gasteiger partial charge >= 0.3 is 0 Å². The van der Waals surface area contributed by atoms with Gasteiger partial charge in [-0.25, -0.2) is 0 Å². The molecule has 2 unspecified atom stereocenters. The molecule has 0 bridgehead atoms. The van der Waals surface area contributed by atoms with Crippen LogP contribution in [0, 0.1) is 0 Å². The predicted octanol–water partition coefficient (Wildman–Crippen LogP) is 2.11. The summed E-state index contributed by atoms with van der Waals surface area (Å²) in [6, 6.07) is 15.5. The minimum absolute atomic E-state index is 0.0697.